The summed E-state index contributed by atoms with van der Waals surface area (Å²) in [7, 11) is -4.24. The summed E-state index contributed by atoms with van der Waals surface area (Å²) in [5, 5.41) is 0. The molecule has 0 saturated carbocycles. The molecule has 0 aromatic rings. The predicted octanol–water partition coefficient (Wildman–Crippen LogP) is 28.9. The molecule has 0 saturated heterocycles. The molecule has 0 aliphatic rings. The van der Waals surface area contributed by atoms with Crippen molar-refractivity contribution in [1.29, 1.82) is 0 Å². The Balaban J connectivity index is -0.000000150. The molecule has 0 aromatic heterocycles. The lowest BCUT2D eigenvalue weighted by Crippen LogP contribution is -1.92. The van der Waals surface area contributed by atoms with Crippen molar-refractivity contribution in [2.45, 2.75) is 462 Å². The Kier molecular flexibility index (Phi) is 116. The van der Waals surface area contributed by atoms with Crippen LogP contribution in [0.15, 0.2) is 0 Å². The Morgan fingerprint density at radius 2 is 0.273 bits per heavy atom. The highest BCUT2D eigenvalue weighted by Crippen LogP contribution is 2.35. The van der Waals surface area contributed by atoms with E-state index in [4.69, 9.17) is 9.79 Å². The van der Waals surface area contributed by atoms with Gasteiger partial charge in [-0.1, -0.05) is 456 Å². The van der Waals surface area contributed by atoms with Gasteiger partial charge in [0.05, 0.1) is 6.61 Å². The number of phosphoric ester groups is 1. The maximum Gasteiger partial charge on any atom is 0.469 e. The van der Waals surface area contributed by atoms with E-state index in [1.54, 1.807) is 0 Å². The van der Waals surface area contributed by atoms with Crippen molar-refractivity contribution < 1.29 is 18.9 Å². The van der Waals surface area contributed by atoms with Gasteiger partial charge in [-0.05, 0) is 6.42 Å². The standard InChI is InChI=1S/C12H27O4P.6C10H22/c1-2-3-4-5-6-7-8-9-10-11-12-16-17(13,14)15;6*1-3-5-7-9-10-8-6-4-2/h2-12H2,1H3,(H2,13,14,15);6*3-10H2,1-2H3. The maximum atomic E-state index is 10.4. The third-order valence-electron chi connectivity index (χ3n) is 14.5. The fourth-order valence-corrected chi connectivity index (χ4v) is 9.38. The Hall–Kier alpha value is 0.110. The third-order valence-corrected chi connectivity index (χ3v) is 15.0. The fourth-order valence-electron chi connectivity index (χ4n) is 9.02. The van der Waals surface area contributed by atoms with E-state index >= 15 is 0 Å². The Morgan fingerprint density at radius 3 is 0.364 bits per heavy atom. The van der Waals surface area contributed by atoms with Crippen LogP contribution in [0.1, 0.15) is 462 Å². The highest BCUT2D eigenvalue weighted by molar-refractivity contribution is 7.46. The molecule has 0 radical (unpaired) electrons. The fraction of sp³-hybridized carbons (Fsp3) is 1.00. The molecular formula is C72H159O4P. The molecule has 0 heterocycles. The lowest BCUT2D eigenvalue weighted by atomic mass is 10.1. The second-order valence-electron chi connectivity index (χ2n) is 23.2. The minimum Gasteiger partial charge on any atom is -0.303 e. The smallest absolute Gasteiger partial charge is 0.303 e. The monoisotopic (exact) mass is 1120 g/mol. The zero-order valence-electron chi connectivity index (χ0n) is 56.9. The van der Waals surface area contributed by atoms with Crippen LogP contribution < -0.4 is 0 Å². The van der Waals surface area contributed by atoms with Gasteiger partial charge < -0.3 is 9.79 Å². The molecular weight excluding hydrogens is 960 g/mol. The van der Waals surface area contributed by atoms with Gasteiger partial charge >= 0.3 is 7.82 Å². The molecule has 0 unspecified atom stereocenters. The second kappa shape index (κ2) is 98.2. The quantitative estimate of drug-likeness (QED) is 0.0470. The zero-order chi connectivity index (χ0) is 58.9. The Morgan fingerprint density at radius 1 is 0.182 bits per heavy atom. The van der Waals surface area contributed by atoms with Crippen LogP contribution in [0.3, 0.4) is 0 Å². The first-order chi connectivity index (χ1) is 37.5. The van der Waals surface area contributed by atoms with E-state index < -0.39 is 7.82 Å². The molecule has 5 heteroatoms. The summed E-state index contributed by atoms with van der Waals surface area (Å²) >= 11 is 0. The summed E-state index contributed by atoms with van der Waals surface area (Å²) in [6.45, 7) is 29.6. The van der Waals surface area contributed by atoms with E-state index in [1.807, 2.05) is 0 Å². The molecule has 0 bridgehead atoms. The van der Waals surface area contributed by atoms with Crippen LogP contribution in [0.4, 0.5) is 0 Å². The first kappa shape index (κ1) is 90.9. The van der Waals surface area contributed by atoms with Crippen molar-refractivity contribution in [2.24, 2.45) is 0 Å². The van der Waals surface area contributed by atoms with Crippen LogP contribution in [-0.2, 0) is 9.09 Å². The molecule has 0 fully saturated rings. The molecule has 0 spiro atoms. The van der Waals surface area contributed by atoms with Crippen LogP contribution in [0.5, 0.6) is 0 Å². The van der Waals surface area contributed by atoms with E-state index in [-0.39, 0.29) is 6.61 Å². The van der Waals surface area contributed by atoms with E-state index in [2.05, 4.69) is 94.5 Å². The Labute approximate surface area is 493 Å². The van der Waals surface area contributed by atoms with Crippen molar-refractivity contribution in [3.05, 3.63) is 0 Å². The topological polar surface area (TPSA) is 66.8 Å². The molecule has 0 rings (SSSR count). The van der Waals surface area contributed by atoms with Crippen LogP contribution in [0.2, 0.25) is 0 Å². The van der Waals surface area contributed by atoms with Crippen LogP contribution in [-0.4, -0.2) is 16.4 Å². The summed E-state index contributed by atoms with van der Waals surface area (Å²) < 4.78 is 14.7. The molecule has 0 aliphatic carbocycles. The van der Waals surface area contributed by atoms with Crippen molar-refractivity contribution in [3.8, 4) is 0 Å². The number of phosphoric acid groups is 1. The summed E-state index contributed by atoms with van der Waals surface area (Å²) in [6, 6.07) is 0. The number of hydrogen-bond acceptors (Lipinski definition) is 2. The lowest BCUT2D eigenvalue weighted by Gasteiger charge is -2.05. The van der Waals surface area contributed by atoms with Gasteiger partial charge in [0.15, 0.2) is 0 Å². The van der Waals surface area contributed by atoms with Crippen LogP contribution >= 0.6 is 7.82 Å². The average molecular weight is 1120 g/mol. The number of rotatable bonds is 54. The summed E-state index contributed by atoms with van der Waals surface area (Å²) in [5.41, 5.74) is 0. The molecule has 0 aliphatic heterocycles. The molecule has 0 amide bonds. The lowest BCUT2D eigenvalue weighted by molar-refractivity contribution is 0.193. The second-order valence-corrected chi connectivity index (χ2v) is 24.5. The van der Waals surface area contributed by atoms with Gasteiger partial charge in [-0.25, -0.2) is 4.57 Å². The summed E-state index contributed by atoms with van der Waals surface area (Å²) in [5.74, 6) is 0. The maximum absolute atomic E-state index is 10.4. The molecule has 476 valence electrons. The minimum atomic E-state index is -4.24. The van der Waals surface area contributed by atoms with E-state index in [1.165, 1.54) is 353 Å². The minimum absolute atomic E-state index is 0.167. The predicted molar refractivity (Wildman–Crippen MR) is 360 cm³/mol. The van der Waals surface area contributed by atoms with Crippen molar-refractivity contribution in [1.82, 2.24) is 0 Å². The SMILES string of the molecule is CCCCCCCCCC.CCCCCCCCCC.CCCCCCCCCC.CCCCCCCCCC.CCCCCCCCCC.CCCCCCCCCC.CCCCCCCCCCCCOP(=O)(O)O. The molecule has 0 aromatic carbocycles. The highest BCUT2D eigenvalue weighted by Gasteiger charge is 2.12. The first-order valence-corrected chi connectivity index (χ1v) is 37.8. The zero-order valence-corrected chi connectivity index (χ0v) is 57.8. The molecule has 4 nitrogen and oxygen atoms in total. The van der Waals surface area contributed by atoms with Crippen molar-refractivity contribution in [3.63, 3.8) is 0 Å². The van der Waals surface area contributed by atoms with Gasteiger partial charge in [-0.3, -0.25) is 4.52 Å². The Bertz CT molecular complexity index is 704. The molecule has 0 atom stereocenters. The highest BCUT2D eigenvalue weighted by atomic mass is 31.2. The number of hydrogen-bond donors (Lipinski definition) is 2. The normalized spacial score (nSPS) is 10.6. The largest absolute Gasteiger partial charge is 0.469 e. The van der Waals surface area contributed by atoms with Gasteiger partial charge in [-0.15, -0.1) is 0 Å². The molecule has 77 heavy (non-hydrogen) atoms. The van der Waals surface area contributed by atoms with Crippen LogP contribution in [0.25, 0.3) is 0 Å². The first-order valence-electron chi connectivity index (χ1n) is 36.2. The van der Waals surface area contributed by atoms with E-state index in [0.717, 1.165) is 19.3 Å². The van der Waals surface area contributed by atoms with Crippen molar-refractivity contribution >= 4 is 7.82 Å². The third kappa shape index (κ3) is 133. The van der Waals surface area contributed by atoms with Crippen molar-refractivity contribution in [2.75, 3.05) is 6.61 Å². The summed E-state index contributed by atoms with van der Waals surface area (Å²) in [4.78, 5) is 16.9. The van der Waals surface area contributed by atoms with Gasteiger partial charge in [0.2, 0.25) is 0 Å². The molecule has 2 N–H and O–H groups in total. The van der Waals surface area contributed by atoms with Gasteiger partial charge in [0, 0.05) is 0 Å². The van der Waals surface area contributed by atoms with Gasteiger partial charge in [0.1, 0.15) is 0 Å². The van der Waals surface area contributed by atoms with Gasteiger partial charge in [-0.2, -0.15) is 0 Å². The van der Waals surface area contributed by atoms with Gasteiger partial charge in [0.25, 0.3) is 0 Å². The summed E-state index contributed by atoms with van der Waals surface area (Å²) in [6.07, 6.45) is 80.8. The van der Waals surface area contributed by atoms with E-state index in [9.17, 15) is 4.57 Å². The van der Waals surface area contributed by atoms with E-state index in [0.29, 0.717) is 0 Å². The average Bonchev–Trinajstić information content (AvgIpc) is 3.42. The number of unbranched alkanes of at least 4 members (excludes halogenated alkanes) is 51. The van der Waals surface area contributed by atoms with Crippen LogP contribution in [0, 0.1) is 0 Å².